The van der Waals surface area contributed by atoms with E-state index >= 15 is 0 Å². The van der Waals surface area contributed by atoms with Crippen molar-refractivity contribution < 1.29 is 9.47 Å². The molecule has 13 rings (SSSR count). The largest absolute Gasteiger partial charge is 0.458 e. The van der Waals surface area contributed by atoms with Gasteiger partial charge in [-0.05, 0) is 102 Å². The first-order valence-electron chi connectivity index (χ1n) is 21.3. The smallest absolute Gasteiger partial charge is 0.260 e. The van der Waals surface area contributed by atoms with Crippen LogP contribution in [0.2, 0.25) is 0 Å². The number of rotatable bonds is 5. The van der Waals surface area contributed by atoms with E-state index in [0.29, 0.717) is 0 Å². The Kier molecular flexibility index (Phi) is 7.70. The van der Waals surface area contributed by atoms with Crippen molar-refractivity contribution in [2.75, 3.05) is 4.90 Å². The Bertz CT molecular complexity index is 3370. The van der Waals surface area contributed by atoms with E-state index in [2.05, 4.69) is 223 Å². The van der Waals surface area contributed by atoms with Crippen LogP contribution in [0, 0.1) is 0 Å². The van der Waals surface area contributed by atoms with Crippen LogP contribution in [0.5, 0.6) is 23.0 Å². The van der Waals surface area contributed by atoms with Crippen LogP contribution < -0.4 is 30.8 Å². The summed E-state index contributed by atoms with van der Waals surface area (Å²) in [5.41, 5.74) is 10.7. The molecule has 0 aliphatic carbocycles. The number of para-hydroxylation sites is 4. The van der Waals surface area contributed by atoms with Gasteiger partial charge in [-0.25, -0.2) is 0 Å². The van der Waals surface area contributed by atoms with E-state index in [-0.39, 0.29) is 6.71 Å². The van der Waals surface area contributed by atoms with Gasteiger partial charge in [0.15, 0.2) is 0 Å². The molecule has 0 atom stereocenters. The van der Waals surface area contributed by atoms with Gasteiger partial charge >= 0.3 is 0 Å². The predicted octanol–water partition coefficient (Wildman–Crippen LogP) is 13.8. The van der Waals surface area contributed by atoms with Gasteiger partial charge in [-0.15, -0.1) is 0 Å². The van der Waals surface area contributed by atoms with Crippen LogP contribution in [0.3, 0.4) is 0 Å². The first-order chi connectivity index (χ1) is 30.8. The van der Waals surface area contributed by atoms with Crippen LogP contribution in [0.15, 0.2) is 218 Å². The van der Waals surface area contributed by atoms with Crippen molar-refractivity contribution in [2.45, 2.75) is 0 Å². The van der Waals surface area contributed by atoms with Gasteiger partial charge in [-0.2, -0.15) is 0 Å². The van der Waals surface area contributed by atoms with Crippen molar-refractivity contribution >= 4 is 83.3 Å². The third kappa shape index (κ3) is 5.27. The molecule has 0 saturated heterocycles. The summed E-state index contributed by atoms with van der Waals surface area (Å²) in [5, 5.41) is 9.72. The molecule has 0 aromatic heterocycles. The number of ether oxygens (including phenoxy) is 2. The zero-order valence-electron chi connectivity index (χ0n) is 33.6. The van der Waals surface area contributed by atoms with E-state index in [1.807, 2.05) is 0 Å². The van der Waals surface area contributed by atoms with E-state index in [1.165, 1.54) is 43.1 Å². The lowest BCUT2D eigenvalue weighted by atomic mass is 9.34. The first kappa shape index (κ1) is 34.8. The Morgan fingerprint density at radius 1 is 0.306 bits per heavy atom. The van der Waals surface area contributed by atoms with Crippen molar-refractivity contribution in [2.24, 2.45) is 0 Å². The molecular formula is C58H36BNO2. The molecule has 0 N–H and O–H groups in total. The van der Waals surface area contributed by atoms with Crippen molar-refractivity contribution in [3.63, 3.8) is 0 Å². The highest BCUT2D eigenvalue weighted by Gasteiger charge is 2.42. The second-order valence-electron chi connectivity index (χ2n) is 16.3. The Hall–Kier alpha value is -8.08. The van der Waals surface area contributed by atoms with Crippen LogP contribution in [-0.2, 0) is 0 Å². The van der Waals surface area contributed by atoms with E-state index in [4.69, 9.17) is 9.47 Å². The van der Waals surface area contributed by atoms with Gasteiger partial charge in [0.2, 0.25) is 0 Å². The van der Waals surface area contributed by atoms with Crippen molar-refractivity contribution in [1.29, 1.82) is 0 Å². The maximum Gasteiger partial charge on any atom is 0.260 e. The summed E-state index contributed by atoms with van der Waals surface area (Å²) in [6.07, 6.45) is 0. The number of nitrogens with zero attached hydrogens (tertiary/aromatic N) is 1. The summed E-state index contributed by atoms with van der Waals surface area (Å²) < 4.78 is 14.7. The Labute approximate surface area is 359 Å². The molecule has 0 unspecified atom stereocenters. The minimum absolute atomic E-state index is 0.151. The lowest BCUT2D eigenvalue weighted by molar-refractivity contribution is 0.466. The minimum atomic E-state index is -0.151. The minimum Gasteiger partial charge on any atom is -0.458 e. The molecule has 0 fully saturated rings. The second kappa shape index (κ2) is 13.7. The molecule has 288 valence electrons. The first-order valence-corrected chi connectivity index (χ1v) is 21.3. The molecule has 62 heavy (non-hydrogen) atoms. The summed E-state index contributed by atoms with van der Waals surface area (Å²) in [6.45, 7) is -0.151. The number of benzene rings is 11. The topological polar surface area (TPSA) is 21.7 Å². The maximum absolute atomic E-state index is 7.36. The van der Waals surface area contributed by atoms with Crippen LogP contribution in [-0.4, -0.2) is 6.71 Å². The second-order valence-corrected chi connectivity index (χ2v) is 16.3. The van der Waals surface area contributed by atoms with Gasteiger partial charge in [0.05, 0.1) is 5.69 Å². The molecule has 3 nitrogen and oxygen atoms in total. The van der Waals surface area contributed by atoms with E-state index in [1.54, 1.807) is 0 Å². The van der Waals surface area contributed by atoms with Gasteiger partial charge in [0.25, 0.3) is 6.71 Å². The van der Waals surface area contributed by atoms with Crippen LogP contribution in [0.1, 0.15) is 0 Å². The van der Waals surface area contributed by atoms with Gasteiger partial charge in [0.1, 0.15) is 23.0 Å². The lowest BCUT2D eigenvalue weighted by Crippen LogP contribution is -2.57. The fraction of sp³-hybridized carbons (Fsp3) is 0. The number of hydrogen-bond donors (Lipinski definition) is 0. The quantitative estimate of drug-likeness (QED) is 0.128. The number of hydrogen-bond acceptors (Lipinski definition) is 3. The molecule has 0 bridgehead atoms. The third-order valence-electron chi connectivity index (χ3n) is 12.9. The lowest BCUT2D eigenvalue weighted by Gasteiger charge is -2.36. The van der Waals surface area contributed by atoms with Crippen LogP contribution in [0.25, 0.3) is 65.3 Å². The summed E-state index contributed by atoms with van der Waals surface area (Å²) in [7, 11) is 0. The van der Waals surface area contributed by atoms with Crippen molar-refractivity contribution in [3.05, 3.63) is 218 Å². The van der Waals surface area contributed by atoms with Crippen LogP contribution in [0.4, 0.5) is 17.1 Å². The standard InChI is InChI=1S/C58H36BNO2/c1-3-19-39(20-4-1)60(40-21-5-2-6-22-40)41-35-54-56-55(36-41)62-58-49(51-34-38-18-8-10-24-43(38)45-26-12-14-28-47(45)51)30-16-32-53(58)59(56)52-31-15-29-48(57(52)61-54)50-33-37-17-7-9-23-42(37)44-25-11-13-27-46(44)50/h1-36H. The molecular weight excluding hydrogens is 753 g/mol. The number of anilines is 3. The van der Waals surface area contributed by atoms with Crippen molar-refractivity contribution in [1.82, 2.24) is 0 Å². The molecule has 2 aliphatic rings. The summed E-state index contributed by atoms with van der Waals surface area (Å²) in [6, 6.07) is 78.4. The highest BCUT2D eigenvalue weighted by Crippen LogP contribution is 2.48. The summed E-state index contributed by atoms with van der Waals surface area (Å²) >= 11 is 0. The zero-order valence-corrected chi connectivity index (χ0v) is 33.6. The Morgan fingerprint density at radius 3 is 1.18 bits per heavy atom. The third-order valence-corrected chi connectivity index (χ3v) is 12.9. The zero-order chi connectivity index (χ0) is 40.7. The molecule has 0 spiro atoms. The van der Waals surface area contributed by atoms with Gasteiger partial charge in [0, 0.05) is 40.1 Å². The monoisotopic (exact) mass is 789 g/mol. The normalized spacial score (nSPS) is 12.4. The summed E-state index contributed by atoms with van der Waals surface area (Å²) in [5.74, 6) is 3.32. The maximum atomic E-state index is 7.36. The predicted molar refractivity (Wildman–Crippen MR) is 260 cm³/mol. The van der Waals surface area contributed by atoms with Gasteiger partial charge < -0.3 is 14.4 Å². The number of fused-ring (bicyclic) bond motifs is 10. The molecule has 0 amide bonds. The van der Waals surface area contributed by atoms with E-state index < -0.39 is 0 Å². The van der Waals surface area contributed by atoms with Gasteiger partial charge in [-0.1, -0.05) is 170 Å². The Morgan fingerprint density at radius 2 is 0.710 bits per heavy atom. The molecule has 11 aromatic carbocycles. The fourth-order valence-corrected chi connectivity index (χ4v) is 10.2. The molecule has 0 saturated carbocycles. The summed E-state index contributed by atoms with van der Waals surface area (Å²) in [4.78, 5) is 2.29. The van der Waals surface area contributed by atoms with Gasteiger partial charge in [-0.3, -0.25) is 0 Å². The molecule has 11 aromatic rings. The van der Waals surface area contributed by atoms with Crippen LogP contribution >= 0.6 is 0 Å². The van der Waals surface area contributed by atoms with E-state index in [9.17, 15) is 0 Å². The Balaban J connectivity index is 1.10. The molecule has 0 radical (unpaired) electrons. The molecule has 4 heteroatoms. The average Bonchev–Trinajstić information content (AvgIpc) is 3.34. The molecule has 2 aliphatic heterocycles. The van der Waals surface area contributed by atoms with Crippen molar-refractivity contribution in [3.8, 4) is 45.3 Å². The SMILES string of the molecule is c1ccc(N(c2ccccc2)c2cc3c4c(c2)Oc2c(cccc2-c2cc5ccccc5c5ccccc25)B4c2cccc(-c4cc5ccccc5c5ccccc45)c2O3)cc1. The highest BCUT2D eigenvalue weighted by atomic mass is 16.5. The molecule has 2 heterocycles. The highest BCUT2D eigenvalue weighted by molar-refractivity contribution is 6.98. The van der Waals surface area contributed by atoms with E-state index in [0.717, 1.165) is 78.7 Å². The fourth-order valence-electron chi connectivity index (χ4n) is 10.2. The average molecular weight is 790 g/mol.